The van der Waals surface area contributed by atoms with Crippen LogP contribution in [-0.2, 0) is 26.6 Å². The fourth-order valence-corrected chi connectivity index (χ4v) is 3.46. The van der Waals surface area contributed by atoms with Gasteiger partial charge in [-0.2, -0.15) is 0 Å². The maximum atomic E-state index is 12.0. The highest BCUT2D eigenvalue weighted by molar-refractivity contribution is 7.89. The van der Waals surface area contributed by atoms with Crippen molar-refractivity contribution in [3.8, 4) is 0 Å². The van der Waals surface area contributed by atoms with Crippen LogP contribution in [-0.4, -0.2) is 36.2 Å². The van der Waals surface area contributed by atoms with Gasteiger partial charge in [-0.3, -0.25) is 0 Å². The second-order valence-corrected chi connectivity index (χ2v) is 8.01. The molecule has 0 radical (unpaired) electrons. The minimum absolute atomic E-state index is 0.0451. The summed E-state index contributed by atoms with van der Waals surface area (Å²) >= 11 is 5.89. The molecule has 0 saturated carbocycles. The lowest BCUT2D eigenvalue weighted by Gasteiger charge is -2.09. The Kier molecular flexibility index (Phi) is 5.92. The molecule has 1 rings (SSSR count). The first-order valence-corrected chi connectivity index (χ1v) is 9.34. The number of sulfonamides is 2. The Hall–Kier alpha value is -0.710. The number of rotatable bonds is 7. The van der Waals surface area contributed by atoms with Gasteiger partial charge in [0.25, 0.3) is 0 Å². The van der Waals surface area contributed by atoms with E-state index < -0.39 is 20.0 Å². The molecule has 0 saturated heterocycles. The van der Waals surface area contributed by atoms with Crippen molar-refractivity contribution in [2.24, 2.45) is 5.73 Å². The lowest BCUT2D eigenvalue weighted by Crippen LogP contribution is -2.34. The van der Waals surface area contributed by atoms with E-state index in [9.17, 15) is 16.8 Å². The monoisotopic (exact) mass is 341 g/mol. The molecular formula is C10H16ClN3O4S2. The van der Waals surface area contributed by atoms with E-state index in [1.54, 1.807) is 6.07 Å². The van der Waals surface area contributed by atoms with Crippen LogP contribution in [0.15, 0.2) is 23.1 Å². The number of nitrogens with two attached hydrogens (primary N) is 1. The van der Waals surface area contributed by atoms with Crippen molar-refractivity contribution in [1.29, 1.82) is 0 Å². The summed E-state index contributed by atoms with van der Waals surface area (Å²) in [6, 6.07) is 4.40. The third-order valence-corrected chi connectivity index (χ3v) is 4.98. The molecule has 0 heterocycles. The van der Waals surface area contributed by atoms with Crippen LogP contribution in [0, 0.1) is 0 Å². The third kappa shape index (κ3) is 5.35. The van der Waals surface area contributed by atoms with Gasteiger partial charge in [-0.1, -0.05) is 17.7 Å². The molecule has 0 aliphatic heterocycles. The number of halogens is 1. The predicted molar refractivity (Wildman–Crippen MR) is 77.4 cm³/mol. The second-order valence-electron chi connectivity index (χ2n) is 4.03. The fourth-order valence-electron chi connectivity index (χ4n) is 1.39. The average Bonchev–Trinajstić information content (AvgIpc) is 2.33. The van der Waals surface area contributed by atoms with E-state index in [0.29, 0.717) is 5.56 Å². The van der Waals surface area contributed by atoms with Gasteiger partial charge in [0.15, 0.2) is 0 Å². The molecular weight excluding hydrogens is 326 g/mol. The topological polar surface area (TPSA) is 118 Å². The minimum atomic E-state index is -3.79. The zero-order valence-corrected chi connectivity index (χ0v) is 13.1. The van der Waals surface area contributed by atoms with E-state index >= 15 is 0 Å². The van der Waals surface area contributed by atoms with Crippen molar-refractivity contribution >= 4 is 31.6 Å². The van der Waals surface area contributed by atoms with Crippen LogP contribution in [0.2, 0.25) is 5.02 Å². The molecule has 1 aromatic carbocycles. The van der Waals surface area contributed by atoms with Gasteiger partial charge in [-0.15, -0.1) is 0 Å². The largest absolute Gasteiger partial charge is 0.326 e. The van der Waals surface area contributed by atoms with Crippen LogP contribution < -0.4 is 15.2 Å². The lowest BCUT2D eigenvalue weighted by atomic mass is 10.2. The summed E-state index contributed by atoms with van der Waals surface area (Å²) in [7, 11) is -7.14. The maximum Gasteiger partial charge on any atom is 0.242 e. The standard InChI is InChI=1S/C10H16ClN3O4S2/c1-19(15,16)13-4-5-14-20(17,18)10-3-2-8(7-12)6-9(10)11/h2-3,6,13-14H,4-5,7,12H2,1H3. The molecule has 7 nitrogen and oxygen atoms in total. The van der Waals surface area contributed by atoms with Gasteiger partial charge in [0.05, 0.1) is 11.3 Å². The van der Waals surface area contributed by atoms with Gasteiger partial charge in [0, 0.05) is 19.6 Å². The van der Waals surface area contributed by atoms with Crippen LogP contribution >= 0.6 is 11.6 Å². The molecule has 10 heteroatoms. The van der Waals surface area contributed by atoms with E-state index in [2.05, 4.69) is 9.44 Å². The average molecular weight is 342 g/mol. The van der Waals surface area contributed by atoms with Crippen molar-refractivity contribution < 1.29 is 16.8 Å². The first-order valence-electron chi connectivity index (χ1n) is 5.58. The van der Waals surface area contributed by atoms with Crippen molar-refractivity contribution in [2.45, 2.75) is 11.4 Å². The Bertz CT molecular complexity index is 674. The van der Waals surface area contributed by atoms with E-state index in [0.717, 1.165) is 6.26 Å². The summed E-state index contributed by atoms with van der Waals surface area (Å²) in [5, 5.41) is 0.0662. The maximum absolute atomic E-state index is 12.0. The van der Waals surface area contributed by atoms with E-state index in [4.69, 9.17) is 17.3 Å². The highest BCUT2D eigenvalue weighted by atomic mass is 35.5. The molecule has 1 aromatic rings. The van der Waals surface area contributed by atoms with Gasteiger partial charge < -0.3 is 5.73 Å². The van der Waals surface area contributed by atoms with Gasteiger partial charge in [0.2, 0.25) is 20.0 Å². The molecule has 0 aliphatic rings. The molecule has 4 N–H and O–H groups in total. The summed E-state index contributed by atoms with van der Waals surface area (Å²) < 4.78 is 50.0. The van der Waals surface area contributed by atoms with Crippen LogP contribution in [0.1, 0.15) is 5.56 Å². The Morgan fingerprint density at radius 3 is 2.25 bits per heavy atom. The molecule has 0 atom stereocenters. The summed E-state index contributed by atoms with van der Waals surface area (Å²) in [6.07, 6.45) is 0.990. The Labute approximate surface area is 123 Å². The Morgan fingerprint density at radius 2 is 1.75 bits per heavy atom. The highest BCUT2D eigenvalue weighted by Crippen LogP contribution is 2.22. The van der Waals surface area contributed by atoms with Crippen LogP contribution in [0.25, 0.3) is 0 Å². The van der Waals surface area contributed by atoms with Crippen LogP contribution in [0.3, 0.4) is 0 Å². The van der Waals surface area contributed by atoms with Gasteiger partial charge >= 0.3 is 0 Å². The molecule has 20 heavy (non-hydrogen) atoms. The van der Waals surface area contributed by atoms with Gasteiger partial charge in [-0.25, -0.2) is 26.3 Å². The van der Waals surface area contributed by atoms with Crippen molar-refractivity contribution in [3.05, 3.63) is 28.8 Å². The first kappa shape index (κ1) is 17.3. The second kappa shape index (κ2) is 6.83. The number of hydrogen-bond acceptors (Lipinski definition) is 5. The summed E-state index contributed by atoms with van der Waals surface area (Å²) in [4.78, 5) is -0.0734. The van der Waals surface area contributed by atoms with E-state index in [1.165, 1.54) is 12.1 Å². The number of benzene rings is 1. The SMILES string of the molecule is CS(=O)(=O)NCCNS(=O)(=O)c1ccc(CN)cc1Cl. The Balaban J connectivity index is 2.74. The van der Waals surface area contributed by atoms with Crippen LogP contribution in [0.5, 0.6) is 0 Å². The first-order chi connectivity index (χ1) is 9.15. The van der Waals surface area contributed by atoms with E-state index in [1.807, 2.05) is 0 Å². The minimum Gasteiger partial charge on any atom is -0.326 e. The van der Waals surface area contributed by atoms with E-state index in [-0.39, 0.29) is 29.6 Å². The normalized spacial score (nSPS) is 12.6. The Morgan fingerprint density at radius 1 is 1.15 bits per heavy atom. The molecule has 0 spiro atoms. The fraction of sp³-hybridized carbons (Fsp3) is 0.400. The quantitative estimate of drug-likeness (QED) is 0.584. The predicted octanol–water partition coefficient (Wildman–Crippen LogP) is -0.374. The summed E-state index contributed by atoms with van der Waals surface area (Å²) in [6.45, 7) is 0.132. The molecule has 0 amide bonds. The number of hydrogen-bond donors (Lipinski definition) is 3. The molecule has 0 fully saturated rings. The molecule has 0 bridgehead atoms. The van der Waals surface area contributed by atoms with Gasteiger partial charge in [0.1, 0.15) is 4.90 Å². The molecule has 114 valence electrons. The highest BCUT2D eigenvalue weighted by Gasteiger charge is 2.17. The van der Waals surface area contributed by atoms with Crippen molar-refractivity contribution in [1.82, 2.24) is 9.44 Å². The lowest BCUT2D eigenvalue weighted by molar-refractivity contribution is 0.573. The smallest absolute Gasteiger partial charge is 0.242 e. The zero-order valence-electron chi connectivity index (χ0n) is 10.8. The summed E-state index contributed by atoms with van der Waals surface area (Å²) in [5.74, 6) is 0. The zero-order chi connectivity index (χ0) is 15.4. The van der Waals surface area contributed by atoms with Crippen molar-refractivity contribution in [3.63, 3.8) is 0 Å². The number of nitrogens with one attached hydrogen (secondary N) is 2. The van der Waals surface area contributed by atoms with Crippen LogP contribution in [0.4, 0.5) is 0 Å². The third-order valence-electron chi connectivity index (χ3n) is 2.30. The molecule has 0 unspecified atom stereocenters. The molecule has 0 aliphatic carbocycles. The summed E-state index contributed by atoms with van der Waals surface area (Å²) in [5.41, 5.74) is 6.14. The van der Waals surface area contributed by atoms with Gasteiger partial charge in [-0.05, 0) is 17.7 Å². The van der Waals surface area contributed by atoms with Crippen molar-refractivity contribution in [2.75, 3.05) is 19.3 Å². The molecule has 0 aromatic heterocycles.